The van der Waals surface area contributed by atoms with Gasteiger partial charge in [-0.1, -0.05) is 12.1 Å². The van der Waals surface area contributed by atoms with Gasteiger partial charge >= 0.3 is 0 Å². The molecule has 2 amide bonds. The number of pyridine rings is 1. The maximum Gasteiger partial charge on any atom is 0.256 e. The summed E-state index contributed by atoms with van der Waals surface area (Å²) in [6.45, 7) is 5.47. The third-order valence-corrected chi connectivity index (χ3v) is 3.98. The van der Waals surface area contributed by atoms with Crippen LogP contribution in [0.15, 0.2) is 48.5 Å². The molecule has 0 aliphatic rings. The number of benzene rings is 2. The number of aryl methyl sites for hydroxylation is 1. The van der Waals surface area contributed by atoms with Crippen LogP contribution in [-0.2, 0) is 0 Å². The molecule has 0 fully saturated rings. The van der Waals surface area contributed by atoms with Crippen LogP contribution in [0.25, 0.3) is 10.9 Å². The zero-order chi connectivity index (χ0) is 19.6. The Bertz CT molecular complexity index is 1030. The van der Waals surface area contributed by atoms with Crippen molar-refractivity contribution in [3.05, 3.63) is 71.2 Å². The summed E-state index contributed by atoms with van der Waals surface area (Å²) in [5, 5.41) is 6.15. The third kappa shape index (κ3) is 4.11. The minimum Gasteiger partial charge on any atom is -0.350 e. The molecule has 0 unspecified atom stereocenters. The van der Waals surface area contributed by atoms with Crippen LogP contribution in [0.3, 0.4) is 0 Å². The third-order valence-electron chi connectivity index (χ3n) is 3.98. The Hall–Kier alpha value is -3.28. The molecule has 2 N–H and O–H groups in total. The normalized spacial score (nSPS) is 10.9. The van der Waals surface area contributed by atoms with Crippen molar-refractivity contribution in [2.45, 2.75) is 26.8 Å². The highest BCUT2D eigenvalue weighted by Crippen LogP contribution is 2.22. The van der Waals surface area contributed by atoms with E-state index in [4.69, 9.17) is 0 Å². The van der Waals surface area contributed by atoms with E-state index in [0.29, 0.717) is 33.4 Å². The number of carbonyl (C=O) groups is 2. The average molecular weight is 365 g/mol. The molecule has 0 spiro atoms. The summed E-state index contributed by atoms with van der Waals surface area (Å²) in [4.78, 5) is 29.6. The number of rotatable bonds is 4. The van der Waals surface area contributed by atoms with Crippen LogP contribution in [0.2, 0.25) is 0 Å². The van der Waals surface area contributed by atoms with Crippen molar-refractivity contribution in [1.29, 1.82) is 0 Å². The van der Waals surface area contributed by atoms with E-state index in [9.17, 15) is 14.0 Å². The number of nitrogens with one attached hydrogen (secondary N) is 2. The summed E-state index contributed by atoms with van der Waals surface area (Å²) in [5.74, 6) is -1.07. The van der Waals surface area contributed by atoms with Gasteiger partial charge in [0.25, 0.3) is 11.8 Å². The number of hydrogen-bond donors (Lipinski definition) is 2. The fourth-order valence-electron chi connectivity index (χ4n) is 2.84. The number of carbonyl (C=O) groups excluding carboxylic acids is 2. The molecule has 0 bridgehead atoms. The number of para-hydroxylation sites is 1. The van der Waals surface area contributed by atoms with Gasteiger partial charge < -0.3 is 10.6 Å². The van der Waals surface area contributed by atoms with E-state index in [-0.39, 0.29) is 17.9 Å². The summed E-state index contributed by atoms with van der Waals surface area (Å²) in [6.07, 6.45) is 0. The Kier molecular flexibility index (Phi) is 5.16. The molecule has 3 aromatic rings. The molecule has 3 rings (SSSR count). The van der Waals surface area contributed by atoms with Crippen LogP contribution in [0.1, 0.15) is 40.3 Å². The molecular weight excluding hydrogens is 345 g/mol. The monoisotopic (exact) mass is 365 g/mol. The summed E-state index contributed by atoms with van der Waals surface area (Å²) >= 11 is 0. The Labute approximate surface area is 156 Å². The molecule has 0 radical (unpaired) electrons. The molecule has 0 atom stereocenters. The van der Waals surface area contributed by atoms with E-state index in [1.807, 2.05) is 13.8 Å². The number of aromatic nitrogens is 1. The minimum atomic E-state index is -0.414. The van der Waals surface area contributed by atoms with Gasteiger partial charge in [-0.05, 0) is 51.1 Å². The summed E-state index contributed by atoms with van der Waals surface area (Å²) in [7, 11) is 0. The Morgan fingerprint density at radius 2 is 1.74 bits per heavy atom. The lowest BCUT2D eigenvalue weighted by Crippen LogP contribution is -2.31. The van der Waals surface area contributed by atoms with Gasteiger partial charge in [-0.15, -0.1) is 0 Å². The second kappa shape index (κ2) is 7.53. The first kappa shape index (κ1) is 18.5. The molecule has 0 aliphatic heterocycles. The van der Waals surface area contributed by atoms with Gasteiger partial charge in [0.05, 0.1) is 22.3 Å². The van der Waals surface area contributed by atoms with Gasteiger partial charge in [-0.3, -0.25) is 14.6 Å². The van der Waals surface area contributed by atoms with Crippen LogP contribution in [0.4, 0.5) is 10.1 Å². The van der Waals surface area contributed by atoms with Gasteiger partial charge in [0.1, 0.15) is 5.82 Å². The molecule has 27 heavy (non-hydrogen) atoms. The van der Waals surface area contributed by atoms with E-state index in [2.05, 4.69) is 15.6 Å². The molecule has 2 aromatic carbocycles. The molecule has 5 nitrogen and oxygen atoms in total. The summed E-state index contributed by atoms with van der Waals surface area (Å²) in [6, 6.07) is 12.5. The van der Waals surface area contributed by atoms with E-state index in [1.165, 1.54) is 18.2 Å². The lowest BCUT2D eigenvalue weighted by molar-refractivity contribution is 0.0944. The molecule has 1 heterocycles. The Morgan fingerprint density at radius 1 is 1.00 bits per heavy atom. The first-order chi connectivity index (χ1) is 12.8. The van der Waals surface area contributed by atoms with Crippen molar-refractivity contribution < 1.29 is 14.0 Å². The van der Waals surface area contributed by atoms with E-state index in [0.717, 1.165) is 0 Å². The molecular formula is C21H20FN3O2. The van der Waals surface area contributed by atoms with Gasteiger partial charge in [0.15, 0.2) is 0 Å². The Morgan fingerprint density at radius 3 is 2.48 bits per heavy atom. The number of hydrogen-bond acceptors (Lipinski definition) is 3. The first-order valence-corrected chi connectivity index (χ1v) is 8.63. The molecule has 1 aromatic heterocycles. The zero-order valence-electron chi connectivity index (χ0n) is 15.3. The second-order valence-corrected chi connectivity index (χ2v) is 6.60. The standard InChI is InChI=1S/C21H20FN3O2/c1-12(2)23-20(26)16-6-4-5-7-18(16)25-21(27)17-10-13(3)24-19-11-14(22)8-9-15(17)19/h4-12H,1-3H3,(H,23,26)(H,25,27). The quantitative estimate of drug-likeness (QED) is 0.732. The maximum absolute atomic E-state index is 13.5. The van der Waals surface area contributed by atoms with Crippen molar-refractivity contribution in [2.75, 3.05) is 5.32 Å². The molecule has 0 saturated heterocycles. The SMILES string of the molecule is Cc1cc(C(=O)Nc2ccccc2C(=O)NC(C)C)c2ccc(F)cc2n1. The second-order valence-electron chi connectivity index (χ2n) is 6.60. The lowest BCUT2D eigenvalue weighted by Gasteiger charge is -2.14. The highest BCUT2D eigenvalue weighted by atomic mass is 19.1. The fraction of sp³-hybridized carbons (Fsp3) is 0.190. The van der Waals surface area contributed by atoms with E-state index in [1.54, 1.807) is 37.3 Å². The summed E-state index contributed by atoms with van der Waals surface area (Å²) < 4.78 is 13.5. The van der Waals surface area contributed by atoms with Crippen molar-refractivity contribution in [1.82, 2.24) is 10.3 Å². The Balaban J connectivity index is 1.98. The lowest BCUT2D eigenvalue weighted by atomic mass is 10.1. The van der Waals surface area contributed by atoms with Crippen molar-refractivity contribution in [3.63, 3.8) is 0 Å². The topological polar surface area (TPSA) is 71.1 Å². The number of anilines is 1. The van der Waals surface area contributed by atoms with Crippen molar-refractivity contribution in [2.24, 2.45) is 0 Å². The number of amides is 2. The highest BCUT2D eigenvalue weighted by molar-refractivity contribution is 6.14. The molecule has 6 heteroatoms. The predicted octanol–water partition coefficient (Wildman–Crippen LogP) is 4.07. The summed E-state index contributed by atoms with van der Waals surface area (Å²) in [5.41, 5.74) is 2.16. The molecule has 138 valence electrons. The van der Waals surface area contributed by atoms with Crippen molar-refractivity contribution >= 4 is 28.4 Å². The van der Waals surface area contributed by atoms with Crippen LogP contribution in [-0.4, -0.2) is 22.8 Å². The minimum absolute atomic E-state index is 0.0251. The van der Waals surface area contributed by atoms with Crippen LogP contribution in [0, 0.1) is 12.7 Å². The molecule has 0 aliphatic carbocycles. The van der Waals surface area contributed by atoms with Gasteiger partial charge in [0, 0.05) is 23.2 Å². The average Bonchev–Trinajstić information content (AvgIpc) is 2.60. The van der Waals surface area contributed by atoms with Crippen LogP contribution < -0.4 is 10.6 Å². The van der Waals surface area contributed by atoms with Crippen LogP contribution in [0.5, 0.6) is 0 Å². The maximum atomic E-state index is 13.5. The predicted molar refractivity (Wildman–Crippen MR) is 103 cm³/mol. The fourth-order valence-corrected chi connectivity index (χ4v) is 2.84. The van der Waals surface area contributed by atoms with E-state index < -0.39 is 5.82 Å². The van der Waals surface area contributed by atoms with Gasteiger partial charge in [0.2, 0.25) is 0 Å². The van der Waals surface area contributed by atoms with Crippen LogP contribution >= 0.6 is 0 Å². The number of fused-ring (bicyclic) bond motifs is 1. The molecule has 0 saturated carbocycles. The largest absolute Gasteiger partial charge is 0.350 e. The zero-order valence-corrected chi connectivity index (χ0v) is 15.3. The van der Waals surface area contributed by atoms with Crippen molar-refractivity contribution in [3.8, 4) is 0 Å². The first-order valence-electron chi connectivity index (χ1n) is 8.63. The smallest absolute Gasteiger partial charge is 0.256 e. The van der Waals surface area contributed by atoms with Gasteiger partial charge in [-0.25, -0.2) is 4.39 Å². The number of halogens is 1. The highest BCUT2D eigenvalue weighted by Gasteiger charge is 2.17. The number of nitrogens with zero attached hydrogens (tertiary/aromatic N) is 1. The van der Waals surface area contributed by atoms with E-state index >= 15 is 0 Å². The van der Waals surface area contributed by atoms with Gasteiger partial charge in [-0.2, -0.15) is 0 Å².